The van der Waals surface area contributed by atoms with Crippen LogP contribution in [0.15, 0.2) is 60.9 Å². The number of hydrogen-bond donors (Lipinski definition) is 1. The number of aryl methyl sites for hydroxylation is 1. The molecule has 1 saturated heterocycles. The van der Waals surface area contributed by atoms with E-state index in [0.29, 0.717) is 24.4 Å². The van der Waals surface area contributed by atoms with Gasteiger partial charge in [-0.2, -0.15) is 18.3 Å². The monoisotopic (exact) mass is 508 g/mol. The zero-order valence-corrected chi connectivity index (χ0v) is 20.6. The number of anilines is 1. The number of nitrogens with zero attached hydrogens (tertiary/aromatic N) is 5. The van der Waals surface area contributed by atoms with Crippen LogP contribution in [-0.2, 0) is 12.7 Å². The number of fused-ring (bicyclic) bond motifs is 1. The van der Waals surface area contributed by atoms with Gasteiger partial charge in [-0.25, -0.2) is 9.50 Å². The Kier molecular flexibility index (Phi) is 6.70. The highest BCUT2D eigenvalue weighted by Crippen LogP contribution is 2.34. The Morgan fingerprint density at radius 1 is 1.05 bits per heavy atom. The first-order valence-corrected chi connectivity index (χ1v) is 12.0. The Bertz CT molecular complexity index is 1440. The van der Waals surface area contributed by atoms with Crippen LogP contribution in [0.3, 0.4) is 0 Å². The van der Waals surface area contributed by atoms with Crippen LogP contribution < -0.4 is 5.32 Å². The van der Waals surface area contributed by atoms with Gasteiger partial charge >= 0.3 is 6.18 Å². The van der Waals surface area contributed by atoms with Gasteiger partial charge in [0.05, 0.1) is 17.5 Å². The molecular formula is C27H27F3N6O. The average Bonchev–Trinajstić information content (AvgIpc) is 3.30. The van der Waals surface area contributed by atoms with Crippen LogP contribution in [0.2, 0.25) is 0 Å². The molecule has 1 aliphatic heterocycles. The minimum absolute atomic E-state index is 0.0481. The molecule has 0 unspecified atom stereocenters. The topological polar surface area (TPSA) is 65.8 Å². The van der Waals surface area contributed by atoms with Gasteiger partial charge in [-0.15, -0.1) is 0 Å². The third-order valence-corrected chi connectivity index (χ3v) is 6.72. The van der Waals surface area contributed by atoms with Crippen molar-refractivity contribution in [3.63, 3.8) is 0 Å². The van der Waals surface area contributed by atoms with Crippen LogP contribution >= 0.6 is 0 Å². The maximum atomic E-state index is 13.9. The molecule has 2 aromatic heterocycles. The Morgan fingerprint density at radius 2 is 1.84 bits per heavy atom. The van der Waals surface area contributed by atoms with E-state index in [0.717, 1.165) is 36.0 Å². The molecule has 0 aliphatic carbocycles. The van der Waals surface area contributed by atoms with Crippen molar-refractivity contribution in [3.8, 4) is 11.3 Å². The number of imidazole rings is 1. The molecule has 7 nitrogen and oxygen atoms in total. The van der Waals surface area contributed by atoms with E-state index in [2.05, 4.69) is 20.3 Å². The number of carbonyl (C=O) groups is 1. The third-order valence-electron chi connectivity index (χ3n) is 6.72. The maximum absolute atomic E-state index is 13.9. The van der Waals surface area contributed by atoms with Crippen molar-refractivity contribution >= 4 is 17.2 Å². The Balaban J connectivity index is 1.39. The SMILES string of the molecule is Cc1ccc(NC(=O)c2ccc(CN3CCN(C)CC3)c(C(F)(F)F)c2)cc1-c1cnc2cccnn12. The van der Waals surface area contributed by atoms with Gasteiger partial charge in [0.1, 0.15) is 0 Å². The normalized spacial score (nSPS) is 15.3. The van der Waals surface area contributed by atoms with Crippen molar-refractivity contribution in [1.29, 1.82) is 0 Å². The number of aromatic nitrogens is 3. The summed E-state index contributed by atoms with van der Waals surface area (Å²) in [6, 6.07) is 12.8. The number of nitrogens with one attached hydrogen (secondary N) is 1. The van der Waals surface area contributed by atoms with Crippen LogP contribution in [-0.4, -0.2) is 63.5 Å². The van der Waals surface area contributed by atoms with Crippen molar-refractivity contribution in [2.24, 2.45) is 0 Å². The summed E-state index contributed by atoms with van der Waals surface area (Å²) in [7, 11) is 2.00. The zero-order chi connectivity index (χ0) is 26.2. The first-order valence-electron chi connectivity index (χ1n) is 12.0. The van der Waals surface area contributed by atoms with E-state index in [1.54, 1.807) is 35.1 Å². The highest BCUT2D eigenvalue weighted by atomic mass is 19.4. The molecule has 5 rings (SSSR count). The second-order valence-corrected chi connectivity index (χ2v) is 9.37. The molecule has 10 heteroatoms. The number of benzene rings is 2. The lowest BCUT2D eigenvalue weighted by atomic mass is 10.0. The molecule has 1 fully saturated rings. The molecule has 192 valence electrons. The number of amides is 1. The fourth-order valence-electron chi connectivity index (χ4n) is 4.56. The minimum Gasteiger partial charge on any atom is -0.322 e. The van der Waals surface area contributed by atoms with Gasteiger partial charge in [0.15, 0.2) is 5.65 Å². The lowest BCUT2D eigenvalue weighted by Crippen LogP contribution is -2.44. The van der Waals surface area contributed by atoms with Crippen molar-refractivity contribution in [2.45, 2.75) is 19.6 Å². The minimum atomic E-state index is -4.56. The summed E-state index contributed by atoms with van der Waals surface area (Å²) in [4.78, 5) is 21.5. The average molecular weight is 509 g/mol. The predicted octanol–water partition coefficient (Wildman–Crippen LogP) is 4.72. The maximum Gasteiger partial charge on any atom is 0.416 e. The first kappa shape index (κ1) is 24.9. The lowest BCUT2D eigenvalue weighted by Gasteiger charge is -2.33. The lowest BCUT2D eigenvalue weighted by molar-refractivity contribution is -0.138. The standard InChI is InChI=1S/C27H27F3N6O/c1-18-5-8-21(15-22(18)24-16-31-25-4-3-9-32-36(24)25)33-26(37)19-6-7-20(23(14-19)27(28,29)30)17-35-12-10-34(2)11-13-35/h3-9,14-16H,10-13,17H2,1-2H3,(H,33,37). The summed E-state index contributed by atoms with van der Waals surface area (Å²) in [5, 5.41) is 7.09. The van der Waals surface area contributed by atoms with E-state index in [-0.39, 0.29) is 17.7 Å². The molecule has 4 aromatic rings. The van der Waals surface area contributed by atoms with Gasteiger partial charge in [0.2, 0.25) is 0 Å². The predicted molar refractivity (Wildman–Crippen MR) is 135 cm³/mol. The van der Waals surface area contributed by atoms with Gasteiger partial charge in [-0.1, -0.05) is 12.1 Å². The summed E-state index contributed by atoms with van der Waals surface area (Å²) in [5.74, 6) is -0.609. The summed E-state index contributed by atoms with van der Waals surface area (Å²) in [6.45, 7) is 5.15. The number of likely N-dealkylation sites (N-methyl/N-ethyl adjacent to an activating group) is 1. The second kappa shape index (κ2) is 9.95. The van der Waals surface area contributed by atoms with E-state index in [1.807, 2.05) is 31.0 Å². The summed E-state index contributed by atoms with van der Waals surface area (Å²) in [6.07, 6.45) is -1.21. The number of alkyl halides is 3. The quantitative estimate of drug-likeness (QED) is 0.423. The largest absolute Gasteiger partial charge is 0.416 e. The van der Waals surface area contributed by atoms with E-state index >= 15 is 0 Å². The Hall–Kier alpha value is -3.76. The summed E-state index contributed by atoms with van der Waals surface area (Å²) < 4.78 is 43.5. The van der Waals surface area contributed by atoms with Crippen LogP contribution in [0.4, 0.5) is 18.9 Å². The van der Waals surface area contributed by atoms with Gasteiger partial charge in [0.25, 0.3) is 5.91 Å². The van der Waals surface area contributed by atoms with Crippen molar-refractivity contribution < 1.29 is 18.0 Å². The number of hydrogen-bond acceptors (Lipinski definition) is 5. The van der Waals surface area contributed by atoms with Gasteiger partial charge in [-0.3, -0.25) is 9.69 Å². The van der Waals surface area contributed by atoms with E-state index in [1.165, 1.54) is 12.1 Å². The van der Waals surface area contributed by atoms with Crippen molar-refractivity contribution in [1.82, 2.24) is 24.4 Å². The second-order valence-electron chi connectivity index (χ2n) is 9.37. The van der Waals surface area contributed by atoms with Crippen LogP contribution in [0.25, 0.3) is 16.9 Å². The number of carbonyl (C=O) groups excluding carboxylic acids is 1. The third kappa shape index (κ3) is 5.35. The highest BCUT2D eigenvalue weighted by Gasteiger charge is 2.34. The zero-order valence-electron chi connectivity index (χ0n) is 20.6. The molecule has 0 bridgehead atoms. The van der Waals surface area contributed by atoms with Crippen molar-refractivity contribution in [2.75, 3.05) is 38.5 Å². The molecule has 1 aliphatic rings. The van der Waals surface area contributed by atoms with Crippen LogP contribution in [0, 0.1) is 6.92 Å². The highest BCUT2D eigenvalue weighted by molar-refractivity contribution is 6.04. The molecular weight excluding hydrogens is 481 g/mol. The number of rotatable bonds is 5. The number of piperazine rings is 1. The molecule has 0 spiro atoms. The fraction of sp³-hybridized carbons (Fsp3) is 0.296. The summed E-state index contributed by atoms with van der Waals surface area (Å²) >= 11 is 0. The van der Waals surface area contributed by atoms with Gasteiger partial charge < -0.3 is 10.2 Å². The molecule has 1 amide bonds. The summed E-state index contributed by atoms with van der Waals surface area (Å²) in [5.41, 5.74) is 2.99. The molecule has 0 atom stereocenters. The van der Waals surface area contributed by atoms with Crippen LogP contribution in [0.5, 0.6) is 0 Å². The van der Waals surface area contributed by atoms with Gasteiger partial charge in [-0.05, 0) is 61.5 Å². The van der Waals surface area contributed by atoms with E-state index in [4.69, 9.17) is 0 Å². The molecule has 0 saturated carbocycles. The van der Waals surface area contributed by atoms with E-state index < -0.39 is 17.6 Å². The van der Waals surface area contributed by atoms with Crippen molar-refractivity contribution in [3.05, 3.63) is 83.2 Å². The van der Waals surface area contributed by atoms with Gasteiger partial charge in [0, 0.05) is 55.7 Å². The number of halogens is 3. The Labute approximate surface area is 212 Å². The van der Waals surface area contributed by atoms with E-state index in [9.17, 15) is 18.0 Å². The molecule has 0 radical (unpaired) electrons. The van der Waals surface area contributed by atoms with Crippen LogP contribution in [0.1, 0.15) is 27.0 Å². The molecule has 3 heterocycles. The first-order chi connectivity index (χ1) is 17.7. The fourth-order valence-corrected chi connectivity index (χ4v) is 4.56. The Morgan fingerprint density at radius 3 is 2.59 bits per heavy atom. The smallest absolute Gasteiger partial charge is 0.322 e. The molecule has 37 heavy (non-hydrogen) atoms. The molecule has 2 aromatic carbocycles. The molecule has 1 N–H and O–H groups in total.